The van der Waals surface area contributed by atoms with E-state index in [-0.39, 0.29) is 40.6 Å². The van der Waals surface area contributed by atoms with Crippen molar-refractivity contribution in [2.75, 3.05) is 19.8 Å². The first-order valence-electron chi connectivity index (χ1n) is 24.9. The highest BCUT2D eigenvalue weighted by molar-refractivity contribution is 5.79. The van der Waals surface area contributed by atoms with Gasteiger partial charge < -0.3 is 90.1 Å². The molecule has 19 nitrogen and oxygen atoms in total. The second-order valence-electron chi connectivity index (χ2n) is 24.1. The van der Waals surface area contributed by atoms with Crippen molar-refractivity contribution in [3.63, 3.8) is 0 Å². The first-order valence-corrected chi connectivity index (χ1v) is 24.9. The molecule has 8 aliphatic rings. The summed E-state index contributed by atoms with van der Waals surface area (Å²) in [5.41, 5.74) is -1.93. The summed E-state index contributed by atoms with van der Waals surface area (Å²) in [5, 5.41) is 142. The van der Waals surface area contributed by atoms with Crippen molar-refractivity contribution < 1.29 is 94.9 Å². The van der Waals surface area contributed by atoms with Gasteiger partial charge in [0.2, 0.25) is 0 Å². The molecule has 390 valence electrons. The topological polar surface area (TPSA) is 326 Å². The Bertz CT molecular complexity index is 1870. The van der Waals surface area contributed by atoms with E-state index in [4.69, 9.17) is 23.7 Å². The molecular weight excluding hydrogens is 893 g/mol. The molecular formula is C49H80O19. The van der Waals surface area contributed by atoms with Gasteiger partial charge in [0.05, 0.1) is 49.7 Å². The van der Waals surface area contributed by atoms with E-state index in [1.165, 1.54) is 12.5 Å². The third-order valence-corrected chi connectivity index (χ3v) is 20.0. The third-order valence-electron chi connectivity index (χ3n) is 20.0. The van der Waals surface area contributed by atoms with E-state index in [0.29, 0.717) is 44.9 Å². The van der Waals surface area contributed by atoms with Crippen LogP contribution in [0, 0.1) is 56.2 Å². The monoisotopic (exact) mass is 973 g/mol. The van der Waals surface area contributed by atoms with Crippen LogP contribution in [-0.2, 0) is 28.5 Å². The zero-order valence-electron chi connectivity index (χ0n) is 40.5. The number of carbonyl (C=O) groups excluding carboxylic acids is 1. The number of hydrogen-bond acceptors (Lipinski definition) is 19. The number of esters is 1. The minimum absolute atomic E-state index is 0.0238. The van der Waals surface area contributed by atoms with Crippen molar-refractivity contribution in [1.29, 1.82) is 0 Å². The Kier molecular flexibility index (Phi) is 14.4. The van der Waals surface area contributed by atoms with E-state index >= 15 is 4.79 Å². The van der Waals surface area contributed by atoms with E-state index in [1.54, 1.807) is 0 Å². The van der Waals surface area contributed by atoms with Crippen molar-refractivity contribution in [1.82, 2.24) is 0 Å². The van der Waals surface area contributed by atoms with Crippen LogP contribution in [0.3, 0.4) is 0 Å². The van der Waals surface area contributed by atoms with Gasteiger partial charge in [-0.25, -0.2) is 0 Å². The van der Waals surface area contributed by atoms with Crippen molar-refractivity contribution in [2.45, 2.75) is 210 Å². The predicted octanol–water partition coefficient (Wildman–Crippen LogP) is -1.25. The minimum atomic E-state index is -1.91. The summed E-state index contributed by atoms with van der Waals surface area (Å²) in [6.07, 6.45) is -19.2. The molecule has 0 aromatic carbocycles. The number of carbonyl (C=O) groups is 1. The fraction of sp³-hybridized carbons (Fsp3) is 0.939. The highest BCUT2D eigenvalue weighted by Gasteiger charge is 2.71. The van der Waals surface area contributed by atoms with Gasteiger partial charge in [0.15, 0.2) is 18.7 Å². The first kappa shape index (κ1) is 52.8. The molecule has 2 heterocycles. The summed E-state index contributed by atoms with van der Waals surface area (Å²) in [4.78, 5) is 15.1. The Morgan fingerprint density at radius 3 is 1.99 bits per heavy atom. The van der Waals surface area contributed by atoms with E-state index < -0.39 is 145 Å². The lowest BCUT2D eigenvalue weighted by molar-refractivity contribution is -0.358. The Hall–Kier alpha value is -1.47. The van der Waals surface area contributed by atoms with Crippen molar-refractivity contribution >= 4 is 5.97 Å². The number of rotatable bonds is 9. The first-order chi connectivity index (χ1) is 31.7. The molecule has 7 fully saturated rings. The molecule has 0 radical (unpaired) electrons. The summed E-state index contributed by atoms with van der Waals surface area (Å²) in [7, 11) is 0. The van der Waals surface area contributed by atoms with Gasteiger partial charge in [0.1, 0.15) is 61.0 Å². The quantitative estimate of drug-likeness (QED) is 0.0948. The van der Waals surface area contributed by atoms with Gasteiger partial charge in [-0.1, -0.05) is 53.2 Å². The summed E-state index contributed by atoms with van der Waals surface area (Å²) in [6.45, 7) is 12.8. The van der Waals surface area contributed by atoms with Gasteiger partial charge in [0, 0.05) is 11.3 Å². The molecule has 6 aliphatic carbocycles. The number of aliphatic hydroxyl groups is 13. The van der Waals surface area contributed by atoms with Crippen LogP contribution in [0.2, 0.25) is 0 Å². The van der Waals surface area contributed by atoms with Crippen LogP contribution < -0.4 is 0 Å². The normalized spacial score (nSPS) is 55.7. The largest absolute Gasteiger partial charge is 0.456 e. The minimum Gasteiger partial charge on any atom is -0.456 e. The van der Waals surface area contributed by atoms with Gasteiger partial charge in [-0.3, -0.25) is 4.79 Å². The molecule has 0 aromatic rings. The molecule has 13 N–H and O–H groups in total. The van der Waals surface area contributed by atoms with Gasteiger partial charge >= 0.3 is 5.97 Å². The van der Waals surface area contributed by atoms with Gasteiger partial charge in [-0.05, 0) is 104 Å². The molecule has 26 unspecified atom stereocenters. The average Bonchev–Trinajstić information content (AvgIpc) is 3.29. The number of hydrogen-bond donors (Lipinski definition) is 13. The van der Waals surface area contributed by atoms with Gasteiger partial charge in [0.25, 0.3) is 0 Å². The lowest BCUT2D eigenvalue weighted by Crippen LogP contribution is -2.68. The van der Waals surface area contributed by atoms with E-state index in [0.717, 1.165) is 12.8 Å². The Morgan fingerprint density at radius 2 is 1.32 bits per heavy atom. The van der Waals surface area contributed by atoms with E-state index in [2.05, 4.69) is 40.7 Å². The molecule has 0 spiro atoms. The second-order valence-corrected chi connectivity index (χ2v) is 24.1. The SMILES string of the molecule is CC1OC(OC2C(CO)OC(OCC3C(O)C(O)C(O)C(OC(=O)C45CCC(C)(C)CC4C4=CCC6C7(C)CC(O)C(O)C(C)(CO)C7CCC6(C)C4(C)CC5)C3O)C(O)C2O)C(O)C(O)C1O. The van der Waals surface area contributed by atoms with Crippen molar-refractivity contribution in [2.24, 2.45) is 56.2 Å². The molecule has 8 rings (SSSR count). The molecule has 0 amide bonds. The second kappa shape index (κ2) is 18.5. The summed E-state index contributed by atoms with van der Waals surface area (Å²) in [5.74, 6) is -2.25. The van der Waals surface area contributed by atoms with Crippen molar-refractivity contribution in [3.8, 4) is 0 Å². The fourth-order valence-corrected chi connectivity index (χ4v) is 15.5. The lowest BCUT2D eigenvalue weighted by Gasteiger charge is -2.71. The molecule has 26 atom stereocenters. The summed E-state index contributed by atoms with van der Waals surface area (Å²) in [6, 6.07) is 0. The van der Waals surface area contributed by atoms with Crippen LogP contribution in [-0.4, -0.2) is 196 Å². The van der Waals surface area contributed by atoms with Crippen LogP contribution in [0.1, 0.15) is 106 Å². The molecule has 2 aliphatic heterocycles. The Balaban J connectivity index is 0.999. The van der Waals surface area contributed by atoms with E-state index in [9.17, 15) is 66.4 Å². The third kappa shape index (κ3) is 7.99. The van der Waals surface area contributed by atoms with Gasteiger partial charge in [-0.15, -0.1) is 0 Å². The Morgan fingerprint density at radius 1 is 0.691 bits per heavy atom. The maximum atomic E-state index is 15.1. The molecule has 0 aromatic heterocycles. The zero-order valence-corrected chi connectivity index (χ0v) is 40.5. The number of aliphatic hydroxyl groups excluding tert-OH is 13. The summed E-state index contributed by atoms with van der Waals surface area (Å²) < 4.78 is 28.8. The molecule has 68 heavy (non-hydrogen) atoms. The fourth-order valence-electron chi connectivity index (χ4n) is 15.5. The maximum Gasteiger partial charge on any atom is 0.313 e. The van der Waals surface area contributed by atoms with Crippen LogP contribution in [0.25, 0.3) is 0 Å². The smallest absolute Gasteiger partial charge is 0.313 e. The zero-order chi connectivity index (χ0) is 50.0. The standard InChI is InChI=1S/C49H80O19/c1-21-29(53)32(56)36(60)42(65-21)67-38-26(18-50)66-41(37(61)35(38)59)64-19-22-30(54)33(57)34(58)39(31(22)55)68-43(63)49-14-12-44(2,3)16-24(49)23-8-9-28-45(4)17-25(52)40(62)46(5,20-51)27(45)10-11-48(28,7)47(23,6)13-15-49/h8,21-22,24-42,50-62H,9-20H2,1-7H3. The number of fused-ring (bicyclic) bond motifs is 7. The van der Waals surface area contributed by atoms with Crippen LogP contribution >= 0.6 is 0 Å². The molecule has 5 saturated carbocycles. The highest BCUT2D eigenvalue weighted by atomic mass is 16.7. The predicted molar refractivity (Wildman–Crippen MR) is 236 cm³/mol. The number of ether oxygens (including phenoxy) is 5. The van der Waals surface area contributed by atoms with Crippen LogP contribution in [0.5, 0.6) is 0 Å². The van der Waals surface area contributed by atoms with E-state index in [1.807, 2.05) is 6.92 Å². The highest BCUT2D eigenvalue weighted by Crippen LogP contribution is 2.76. The Labute approximate surface area is 398 Å². The average molecular weight is 973 g/mol. The van der Waals surface area contributed by atoms with Crippen LogP contribution in [0.4, 0.5) is 0 Å². The van der Waals surface area contributed by atoms with Crippen molar-refractivity contribution in [3.05, 3.63) is 11.6 Å². The van der Waals surface area contributed by atoms with Gasteiger partial charge in [-0.2, -0.15) is 0 Å². The van der Waals surface area contributed by atoms with Crippen LogP contribution in [0.15, 0.2) is 11.6 Å². The molecule has 0 bridgehead atoms. The lowest BCUT2D eigenvalue weighted by atomic mass is 9.33. The number of allylic oxidation sites excluding steroid dienone is 2. The maximum absolute atomic E-state index is 15.1. The summed E-state index contributed by atoms with van der Waals surface area (Å²) >= 11 is 0. The molecule has 19 heteroatoms. The molecule has 2 saturated heterocycles.